The second kappa shape index (κ2) is 5.34. The van der Waals surface area contributed by atoms with Crippen molar-refractivity contribution in [1.29, 1.82) is 0 Å². The van der Waals surface area contributed by atoms with Crippen LogP contribution in [0.15, 0.2) is 10.5 Å². The Bertz CT molecular complexity index is 471. The first-order valence-electron chi connectivity index (χ1n) is 5.84. The number of thiazole rings is 1. The molecule has 0 aliphatic carbocycles. The summed E-state index contributed by atoms with van der Waals surface area (Å²) < 4.78 is 0. The van der Waals surface area contributed by atoms with Gasteiger partial charge in [-0.25, -0.2) is 4.98 Å². The van der Waals surface area contributed by atoms with Crippen LogP contribution in [-0.2, 0) is 0 Å². The molecule has 1 aliphatic rings. The van der Waals surface area contributed by atoms with E-state index in [1.807, 2.05) is 6.92 Å². The van der Waals surface area contributed by atoms with E-state index in [0.717, 1.165) is 24.3 Å². The molecule has 2 rings (SSSR count). The number of carbonyl (C=O) groups is 1. The highest BCUT2D eigenvalue weighted by molar-refractivity contribution is 7.09. The normalized spacial score (nSPS) is 21.1. The Morgan fingerprint density at radius 2 is 2.44 bits per heavy atom. The summed E-state index contributed by atoms with van der Waals surface area (Å²) in [5.41, 5.74) is 6.09. The minimum absolute atomic E-state index is 0.0926. The van der Waals surface area contributed by atoms with Crippen LogP contribution in [0.4, 0.5) is 0 Å². The van der Waals surface area contributed by atoms with Crippen LogP contribution in [0.1, 0.15) is 34.8 Å². The molecule has 0 saturated carbocycles. The predicted molar refractivity (Wildman–Crippen MR) is 68.9 cm³/mol. The van der Waals surface area contributed by atoms with Gasteiger partial charge in [0.15, 0.2) is 5.84 Å². The SMILES string of the molecule is Cc1nc(C(=O)N2CCCCC2C(N)=NO)cs1. The van der Waals surface area contributed by atoms with Crippen LogP contribution in [0.5, 0.6) is 0 Å². The number of amidine groups is 1. The van der Waals surface area contributed by atoms with Crippen molar-refractivity contribution in [2.75, 3.05) is 6.54 Å². The van der Waals surface area contributed by atoms with Crippen molar-refractivity contribution in [3.63, 3.8) is 0 Å². The Balaban J connectivity index is 2.21. The maximum atomic E-state index is 12.3. The van der Waals surface area contributed by atoms with Crippen LogP contribution in [-0.4, -0.2) is 39.4 Å². The monoisotopic (exact) mass is 268 g/mol. The van der Waals surface area contributed by atoms with Crippen molar-refractivity contribution in [2.45, 2.75) is 32.2 Å². The molecule has 0 radical (unpaired) electrons. The number of nitrogens with two attached hydrogens (primary N) is 1. The standard InChI is InChI=1S/C11H16N4O2S/c1-7-13-8(6-18-7)11(16)15-5-3-2-4-9(15)10(12)14-17/h6,9,17H,2-5H2,1H3,(H2,12,14). The van der Waals surface area contributed by atoms with Gasteiger partial charge in [-0.3, -0.25) is 4.79 Å². The van der Waals surface area contributed by atoms with E-state index < -0.39 is 0 Å². The fourth-order valence-corrected chi connectivity index (χ4v) is 2.74. The average Bonchev–Trinajstić information content (AvgIpc) is 2.83. The van der Waals surface area contributed by atoms with Crippen molar-refractivity contribution < 1.29 is 10.0 Å². The van der Waals surface area contributed by atoms with Gasteiger partial charge in [0.25, 0.3) is 5.91 Å². The van der Waals surface area contributed by atoms with E-state index in [-0.39, 0.29) is 17.8 Å². The van der Waals surface area contributed by atoms with Gasteiger partial charge in [0, 0.05) is 11.9 Å². The van der Waals surface area contributed by atoms with Gasteiger partial charge >= 0.3 is 0 Å². The molecule has 3 N–H and O–H groups in total. The van der Waals surface area contributed by atoms with Gasteiger partial charge in [0.05, 0.1) is 11.0 Å². The van der Waals surface area contributed by atoms with Crippen molar-refractivity contribution in [1.82, 2.24) is 9.88 Å². The molecule has 0 bridgehead atoms. The summed E-state index contributed by atoms with van der Waals surface area (Å²) >= 11 is 1.44. The summed E-state index contributed by atoms with van der Waals surface area (Å²) in [6.07, 6.45) is 2.63. The Hall–Kier alpha value is -1.63. The Kier molecular flexibility index (Phi) is 3.81. The van der Waals surface area contributed by atoms with Gasteiger partial charge in [-0.05, 0) is 26.2 Å². The number of nitrogens with zero attached hydrogens (tertiary/aromatic N) is 3. The molecule has 7 heteroatoms. The van der Waals surface area contributed by atoms with Crippen LogP contribution in [0.3, 0.4) is 0 Å². The fraction of sp³-hybridized carbons (Fsp3) is 0.545. The fourth-order valence-electron chi connectivity index (χ4n) is 2.16. The largest absolute Gasteiger partial charge is 0.409 e. The lowest BCUT2D eigenvalue weighted by molar-refractivity contribution is 0.0671. The molecule has 1 saturated heterocycles. The number of oxime groups is 1. The van der Waals surface area contributed by atoms with Crippen LogP contribution in [0.25, 0.3) is 0 Å². The molecule has 1 atom stereocenters. The molecule has 1 aliphatic heterocycles. The molecular weight excluding hydrogens is 252 g/mol. The topological polar surface area (TPSA) is 91.8 Å². The molecule has 18 heavy (non-hydrogen) atoms. The van der Waals surface area contributed by atoms with Crippen molar-refractivity contribution in [3.05, 3.63) is 16.1 Å². The zero-order valence-corrected chi connectivity index (χ0v) is 11.0. The summed E-state index contributed by atoms with van der Waals surface area (Å²) in [7, 11) is 0. The van der Waals surface area contributed by atoms with E-state index in [9.17, 15) is 4.79 Å². The number of aryl methyl sites for hydroxylation is 1. The second-order valence-electron chi connectivity index (χ2n) is 4.29. The van der Waals surface area contributed by atoms with E-state index in [4.69, 9.17) is 10.9 Å². The Morgan fingerprint density at radius 3 is 3.06 bits per heavy atom. The highest BCUT2D eigenvalue weighted by Gasteiger charge is 2.31. The lowest BCUT2D eigenvalue weighted by Crippen LogP contribution is -2.50. The van der Waals surface area contributed by atoms with Gasteiger partial charge in [0.1, 0.15) is 5.69 Å². The van der Waals surface area contributed by atoms with Crippen LogP contribution in [0.2, 0.25) is 0 Å². The highest BCUT2D eigenvalue weighted by atomic mass is 32.1. The molecule has 1 aromatic rings. The maximum absolute atomic E-state index is 12.3. The summed E-state index contributed by atoms with van der Waals surface area (Å²) in [5, 5.41) is 14.4. The summed E-state index contributed by atoms with van der Waals surface area (Å²) in [5.74, 6) is -0.0503. The van der Waals surface area contributed by atoms with Gasteiger partial charge in [0.2, 0.25) is 0 Å². The van der Waals surface area contributed by atoms with E-state index in [2.05, 4.69) is 10.1 Å². The number of rotatable bonds is 2. The van der Waals surface area contributed by atoms with Crippen molar-refractivity contribution >= 4 is 23.1 Å². The minimum atomic E-state index is -0.321. The lowest BCUT2D eigenvalue weighted by atomic mass is 10.0. The van der Waals surface area contributed by atoms with Gasteiger partial charge in [-0.2, -0.15) is 0 Å². The van der Waals surface area contributed by atoms with Crippen LogP contribution < -0.4 is 5.73 Å². The molecule has 0 aromatic carbocycles. The Labute approximate surface area is 109 Å². The third kappa shape index (κ3) is 2.45. The van der Waals surface area contributed by atoms with Gasteiger partial charge < -0.3 is 15.8 Å². The minimum Gasteiger partial charge on any atom is -0.409 e. The zero-order valence-electron chi connectivity index (χ0n) is 10.2. The quantitative estimate of drug-likeness (QED) is 0.365. The maximum Gasteiger partial charge on any atom is 0.273 e. The molecule has 6 nitrogen and oxygen atoms in total. The molecule has 0 spiro atoms. The van der Waals surface area contributed by atoms with Gasteiger partial charge in [-0.1, -0.05) is 5.16 Å². The Morgan fingerprint density at radius 1 is 1.67 bits per heavy atom. The molecule has 1 unspecified atom stereocenters. The first kappa shape index (κ1) is 12.8. The van der Waals surface area contributed by atoms with Crippen molar-refractivity contribution in [2.24, 2.45) is 10.9 Å². The van der Waals surface area contributed by atoms with E-state index >= 15 is 0 Å². The summed E-state index contributed by atoms with van der Waals surface area (Å²) in [4.78, 5) is 18.2. The third-order valence-corrected chi connectivity index (χ3v) is 3.83. The number of likely N-dealkylation sites (tertiary alicyclic amines) is 1. The molecular formula is C11H16N4O2S. The molecule has 1 aromatic heterocycles. The number of piperidine rings is 1. The van der Waals surface area contributed by atoms with E-state index in [0.29, 0.717) is 12.2 Å². The van der Waals surface area contributed by atoms with Gasteiger partial charge in [-0.15, -0.1) is 11.3 Å². The van der Waals surface area contributed by atoms with E-state index in [1.54, 1.807) is 10.3 Å². The summed E-state index contributed by atoms with van der Waals surface area (Å²) in [6, 6.07) is -0.321. The van der Waals surface area contributed by atoms with E-state index in [1.165, 1.54) is 11.3 Å². The first-order valence-corrected chi connectivity index (χ1v) is 6.72. The smallest absolute Gasteiger partial charge is 0.273 e. The number of carbonyl (C=O) groups excluding carboxylic acids is 1. The number of amides is 1. The van der Waals surface area contributed by atoms with Crippen LogP contribution in [0, 0.1) is 6.92 Å². The molecule has 1 amide bonds. The highest BCUT2D eigenvalue weighted by Crippen LogP contribution is 2.20. The van der Waals surface area contributed by atoms with Crippen LogP contribution >= 0.6 is 11.3 Å². The van der Waals surface area contributed by atoms with Crippen molar-refractivity contribution in [3.8, 4) is 0 Å². The molecule has 98 valence electrons. The predicted octanol–water partition coefficient (Wildman–Crippen LogP) is 1.19. The first-order chi connectivity index (χ1) is 8.63. The summed E-state index contributed by atoms with van der Waals surface area (Å²) in [6.45, 7) is 2.48. The zero-order chi connectivity index (χ0) is 13.1. The number of aromatic nitrogens is 1. The number of hydrogen-bond donors (Lipinski definition) is 2. The lowest BCUT2D eigenvalue weighted by Gasteiger charge is -2.34. The number of hydrogen-bond acceptors (Lipinski definition) is 5. The second-order valence-corrected chi connectivity index (χ2v) is 5.35. The molecule has 1 fully saturated rings. The molecule has 2 heterocycles. The third-order valence-electron chi connectivity index (χ3n) is 3.06. The average molecular weight is 268 g/mol.